The first-order valence-electron chi connectivity index (χ1n) is 13.5. The molecule has 256 valence electrons. The Bertz CT molecular complexity index is 518. The van der Waals surface area contributed by atoms with E-state index < -0.39 is 17.6 Å². The van der Waals surface area contributed by atoms with Crippen LogP contribution in [0.4, 0.5) is 9.59 Å². The lowest BCUT2D eigenvalue weighted by Gasteiger charge is -2.24. The zero-order valence-electron chi connectivity index (χ0n) is 27.5. The highest BCUT2D eigenvalue weighted by Gasteiger charge is 2.37. The second-order valence-electron chi connectivity index (χ2n) is 7.86. The van der Waals surface area contributed by atoms with Gasteiger partial charge in [0.2, 0.25) is 0 Å². The van der Waals surface area contributed by atoms with Crippen LogP contribution in [0, 0.1) is 0 Å². The van der Waals surface area contributed by atoms with E-state index in [9.17, 15) is 9.59 Å². The molecule has 0 aromatic carbocycles. The van der Waals surface area contributed by atoms with Crippen LogP contribution in [0.3, 0.4) is 0 Å². The zero-order valence-corrected chi connectivity index (χ0v) is 31.5. The third-order valence-electron chi connectivity index (χ3n) is 5.38. The Morgan fingerprint density at radius 1 is 0.548 bits per heavy atom. The van der Waals surface area contributed by atoms with E-state index in [1.165, 1.54) is 0 Å². The lowest BCUT2D eigenvalue weighted by atomic mass is 10.4. The molecule has 42 heavy (non-hydrogen) atoms. The molecule has 0 saturated heterocycles. The van der Waals surface area contributed by atoms with E-state index in [0.717, 1.165) is 39.9 Å². The number of amides is 4. The molecule has 0 bridgehead atoms. The number of rotatable bonds is 22. The Balaban J connectivity index is -0.000000307. The number of methoxy groups -OCH3 is 2. The minimum atomic E-state index is -2.51. The maximum absolute atomic E-state index is 11.4. The van der Waals surface area contributed by atoms with Crippen molar-refractivity contribution in [3.8, 4) is 0 Å². The fourth-order valence-electron chi connectivity index (χ4n) is 3.09. The Morgan fingerprint density at radius 3 is 1.10 bits per heavy atom. The van der Waals surface area contributed by atoms with E-state index in [0.29, 0.717) is 62.0 Å². The van der Waals surface area contributed by atoms with Crippen LogP contribution in [0.2, 0.25) is 12.1 Å². The van der Waals surface area contributed by atoms with Gasteiger partial charge in [-0.05, 0) is 25.7 Å². The van der Waals surface area contributed by atoms with Crippen LogP contribution in [-0.2, 0) is 35.7 Å². The van der Waals surface area contributed by atoms with Gasteiger partial charge in [-0.2, -0.15) is 0 Å². The molecule has 0 rings (SSSR count). The molecule has 0 aliphatic heterocycles. The van der Waals surface area contributed by atoms with Crippen LogP contribution < -0.4 is 21.3 Å². The monoisotopic (exact) mass is 668 g/mol. The number of hydrogen-bond acceptors (Lipinski definition) is 12. The van der Waals surface area contributed by atoms with E-state index in [1.807, 2.05) is 0 Å². The Hall–Kier alpha value is -1.21. The van der Waals surface area contributed by atoms with E-state index in [2.05, 4.69) is 21.3 Å². The number of urea groups is 2. The molecule has 0 aliphatic rings. The highest BCUT2D eigenvalue weighted by Crippen LogP contribution is 2.14. The minimum Gasteiger partial charge on any atom is -0.424 e. The zero-order chi connectivity index (χ0) is 33.1. The molecule has 0 spiro atoms. The molecule has 4 amide bonds. The van der Waals surface area contributed by atoms with Gasteiger partial charge in [-0.1, -0.05) is 0 Å². The summed E-state index contributed by atoms with van der Waals surface area (Å²) >= 11 is 0. The predicted octanol–water partition coefficient (Wildman–Crippen LogP) is -0.952. The number of carbonyl (C=O) groups is 2. The van der Waals surface area contributed by atoms with Crippen molar-refractivity contribution in [2.45, 2.75) is 37.8 Å². The summed E-state index contributed by atoms with van der Waals surface area (Å²) in [5.74, 6) is 0. The van der Waals surface area contributed by atoms with E-state index in [4.69, 9.17) is 45.9 Å². The highest BCUT2D eigenvalue weighted by atomic mass is 28.4. The Morgan fingerprint density at radius 2 is 0.833 bits per heavy atom. The molecule has 0 aromatic rings. The molecule has 0 atom stereocenters. The molecule has 0 radical (unpaired) electrons. The van der Waals surface area contributed by atoms with Crippen LogP contribution in [0.15, 0.2) is 0 Å². The average Bonchev–Trinajstić information content (AvgIpc) is 3.04. The molecular formula is C23H60N4O12Si3. The first-order chi connectivity index (χ1) is 20.3. The van der Waals surface area contributed by atoms with Crippen molar-refractivity contribution in [1.29, 1.82) is 0 Å². The summed E-state index contributed by atoms with van der Waals surface area (Å²) in [6.07, 6.45) is 3.12. The number of nitrogens with one attached hydrogen (secondary N) is 4. The lowest BCUT2D eigenvalue weighted by Crippen LogP contribution is -2.44. The number of hydrogen-bond donors (Lipinski definition) is 6. The van der Waals surface area contributed by atoms with Crippen LogP contribution in [0.5, 0.6) is 0 Å². The fourth-order valence-corrected chi connectivity index (χ4v) is 8.14. The molecule has 0 aromatic heterocycles. The second kappa shape index (κ2) is 36.0. The first-order valence-corrected chi connectivity index (χ1v) is 18.2. The highest BCUT2D eigenvalue weighted by molar-refractivity contribution is 6.63. The van der Waals surface area contributed by atoms with Crippen LogP contribution >= 0.6 is 0 Å². The van der Waals surface area contributed by atoms with Crippen molar-refractivity contribution >= 4 is 40.2 Å². The standard InChI is InChI=1S/C11H26N2O5Si.C10H26N2O5Si2.2CH4O/c1-15-9-5-7-12-11(14)13-8-6-10-19(16-2,17-3)18-4;1-14-8-4-6-11-10(13)12-7-5-9-19(15-2,16-3)17-18;2*1-2/h5-10H2,1-4H3,(H2,12,13,14);4-9H2,1-3,18H3,(H2,11,12,13);2*2H,1H3. The van der Waals surface area contributed by atoms with Gasteiger partial charge in [-0.15, -0.1) is 0 Å². The largest absolute Gasteiger partial charge is 0.500 e. The molecule has 0 fully saturated rings. The van der Waals surface area contributed by atoms with Gasteiger partial charge >= 0.3 is 29.7 Å². The summed E-state index contributed by atoms with van der Waals surface area (Å²) in [5.41, 5.74) is 0. The Labute approximate surface area is 258 Å². The van der Waals surface area contributed by atoms with Crippen LogP contribution in [0.25, 0.3) is 0 Å². The number of aliphatic hydroxyl groups is 2. The summed E-state index contributed by atoms with van der Waals surface area (Å²) in [5, 5.41) is 25.0. The van der Waals surface area contributed by atoms with Gasteiger partial charge in [0, 0.05) is 115 Å². The summed E-state index contributed by atoms with van der Waals surface area (Å²) < 4.78 is 41.7. The van der Waals surface area contributed by atoms with Crippen LogP contribution in [-0.4, -0.2) is 154 Å². The summed E-state index contributed by atoms with van der Waals surface area (Å²) in [6, 6.07) is 1.04. The van der Waals surface area contributed by atoms with Gasteiger partial charge < -0.3 is 67.2 Å². The van der Waals surface area contributed by atoms with E-state index >= 15 is 0 Å². The van der Waals surface area contributed by atoms with Crippen molar-refractivity contribution in [2.24, 2.45) is 0 Å². The Kier molecular flexibility index (Phi) is 40.9. The van der Waals surface area contributed by atoms with E-state index in [1.54, 1.807) is 49.8 Å². The maximum Gasteiger partial charge on any atom is 0.500 e. The van der Waals surface area contributed by atoms with Gasteiger partial charge in [0.15, 0.2) is 0 Å². The smallest absolute Gasteiger partial charge is 0.424 e. The third kappa shape index (κ3) is 27.6. The van der Waals surface area contributed by atoms with Gasteiger partial charge in [0.25, 0.3) is 0 Å². The van der Waals surface area contributed by atoms with Gasteiger partial charge in [0.05, 0.1) is 0 Å². The molecule has 0 aliphatic carbocycles. The van der Waals surface area contributed by atoms with Gasteiger partial charge in [0.1, 0.15) is 10.5 Å². The molecule has 6 N–H and O–H groups in total. The molecular weight excluding hydrogens is 609 g/mol. The molecule has 0 unspecified atom stereocenters. The first kappa shape index (κ1) is 47.7. The summed E-state index contributed by atoms with van der Waals surface area (Å²) in [4.78, 5) is 22.8. The maximum atomic E-state index is 11.4. The second-order valence-corrected chi connectivity index (χ2v) is 15.3. The van der Waals surface area contributed by atoms with Crippen molar-refractivity contribution in [1.82, 2.24) is 21.3 Å². The SMILES string of the molecule is CO.CO.COCCCNC(=O)NCCC[Si](OC)(OC)OC.COCCCNC(=O)NCCC[Si](OC)(OC)O[SiH3]. The minimum absolute atomic E-state index is 0.162. The number of carbonyl (C=O) groups excluding carboxylic acids is 2. The van der Waals surface area contributed by atoms with Crippen molar-refractivity contribution < 1.29 is 55.5 Å². The average molecular weight is 669 g/mol. The number of aliphatic hydroxyl groups excluding tert-OH is 2. The van der Waals surface area contributed by atoms with Gasteiger partial charge in [-0.3, -0.25) is 0 Å². The van der Waals surface area contributed by atoms with Gasteiger partial charge in [-0.25, -0.2) is 9.59 Å². The predicted molar refractivity (Wildman–Crippen MR) is 168 cm³/mol. The summed E-state index contributed by atoms with van der Waals surface area (Å²) in [7, 11) is 8.83. The molecule has 16 nitrogen and oxygen atoms in total. The topological polar surface area (TPSA) is 197 Å². The summed E-state index contributed by atoms with van der Waals surface area (Å²) in [6.45, 7) is 3.63. The molecule has 0 heterocycles. The molecule has 19 heteroatoms. The van der Waals surface area contributed by atoms with Crippen molar-refractivity contribution in [3.63, 3.8) is 0 Å². The fraction of sp³-hybridized carbons (Fsp3) is 0.913. The lowest BCUT2D eigenvalue weighted by molar-refractivity contribution is 0.123. The normalized spacial score (nSPS) is 10.6. The quantitative estimate of drug-likeness (QED) is 0.0612. The molecule has 0 saturated carbocycles. The van der Waals surface area contributed by atoms with Crippen LogP contribution in [0.1, 0.15) is 25.7 Å². The van der Waals surface area contributed by atoms with E-state index in [-0.39, 0.29) is 12.1 Å². The third-order valence-corrected chi connectivity index (χ3v) is 12.9. The number of ether oxygens (including phenoxy) is 2. The van der Waals surface area contributed by atoms with Crippen molar-refractivity contribution in [3.05, 3.63) is 0 Å². The van der Waals surface area contributed by atoms with Crippen molar-refractivity contribution in [2.75, 3.05) is 103 Å².